The second-order valence-corrected chi connectivity index (χ2v) is 7.41. The van der Waals surface area contributed by atoms with E-state index in [2.05, 4.69) is 64.1 Å². The molecule has 0 aliphatic heterocycles. The summed E-state index contributed by atoms with van der Waals surface area (Å²) in [5, 5.41) is 2.51. The van der Waals surface area contributed by atoms with Crippen LogP contribution in [0.4, 0.5) is 5.69 Å². The number of fused-ring (bicyclic) bond motifs is 1. The molecule has 3 aromatic carbocycles. The van der Waals surface area contributed by atoms with Gasteiger partial charge >= 0.3 is 0 Å². The smallest absolute Gasteiger partial charge is 0.0629 e. The first-order valence-electron chi connectivity index (χ1n) is 9.57. The van der Waals surface area contributed by atoms with E-state index in [0.717, 1.165) is 5.69 Å². The molecule has 0 heterocycles. The lowest BCUT2D eigenvalue weighted by Crippen LogP contribution is -2.01. The number of rotatable bonds is 3. The molecule has 4 rings (SSSR count). The number of hydrogen-bond acceptors (Lipinski definition) is 1. The largest absolute Gasteiger partial charge is 0.256 e. The summed E-state index contributed by atoms with van der Waals surface area (Å²) in [7, 11) is 0. The molecular weight excluding hydrogens is 326 g/mol. The number of hydrogen-bond donors (Lipinski definition) is 0. The van der Waals surface area contributed by atoms with E-state index in [1.807, 2.05) is 36.5 Å². The topological polar surface area (TPSA) is 12.4 Å². The molecule has 0 radical (unpaired) electrons. The quantitative estimate of drug-likeness (QED) is 0.437. The van der Waals surface area contributed by atoms with E-state index < -0.39 is 0 Å². The van der Waals surface area contributed by atoms with E-state index in [1.54, 1.807) is 0 Å². The van der Waals surface area contributed by atoms with Crippen LogP contribution in [0.3, 0.4) is 0 Å². The van der Waals surface area contributed by atoms with Crippen molar-refractivity contribution in [3.05, 3.63) is 94.6 Å². The Morgan fingerprint density at radius 1 is 0.778 bits per heavy atom. The van der Waals surface area contributed by atoms with Gasteiger partial charge in [-0.25, -0.2) is 0 Å². The van der Waals surface area contributed by atoms with Crippen LogP contribution in [0.25, 0.3) is 16.3 Å². The van der Waals surface area contributed by atoms with Crippen LogP contribution >= 0.6 is 0 Å². The Morgan fingerprint density at radius 2 is 1.48 bits per heavy atom. The van der Waals surface area contributed by atoms with Gasteiger partial charge in [-0.05, 0) is 66.0 Å². The monoisotopic (exact) mass is 351 g/mol. The Balaban J connectivity index is 1.93. The predicted molar refractivity (Wildman–Crippen MR) is 118 cm³/mol. The zero-order valence-corrected chi connectivity index (χ0v) is 16.5. The summed E-state index contributed by atoms with van der Waals surface area (Å²) in [6, 6.07) is 23.3. The normalized spacial score (nSPS) is 17.6. The molecule has 0 aromatic heterocycles. The third-order valence-electron chi connectivity index (χ3n) is 6.00. The highest BCUT2D eigenvalue weighted by molar-refractivity contribution is 6.06. The summed E-state index contributed by atoms with van der Waals surface area (Å²) in [6.45, 7) is 9.07. The lowest BCUT2D eigenvalue weighted by Gasteiger charge is -2.17. The molecule has 0 saturated heterocycles. The maximum Gasteiger partial charge on any atom is 0.0629 e. The van der Waals surface area contributed by atoms with Crippen LogP contribution in [-0.2, 0) is 0 Å². The molecule has 0 fully saturated rings. The van der Waals surface area contributed by atoms with Gasteiger partial charge in [0.2, 0.25) is 0 Å². The second kappa shape index (κ2) is 7.00. The third-order valence-corrected chi connectivity index (χ3v) is 6.00. The van der Waals surface area contributed by atoms with Crippen LogP contribution in [-0.4, -0.2) is 6.21 Å². The van der Waals surface area contributed by atoms with Gasteiger partial charge in [0.05, 0.1) is 5.69 Å². The van der Waals surface area contributed by atoms with Crippen molar-refractivity contribution >= 4 is 28.2 Å². The molecule has 1 aliphatic rings. The van der Waals surface area contributed by atoms with Gasteiger partial charge < -0.3 is 0 Å². The summed E-state index contributed by atoms with van der Waals surface area (Å²) < 4.78 is 0. The Kier molecular flexibility index (Phi) is 4.53. The van der Waals surface area contributed by atoms with Crippen molar-refractivity contribution in [3.63, 3.8) is 0 Å². The Labute approximate surface area is 161 Å². The molecule has 0 N–H and O–H groups in total. The first-order valence-corrected chi connectivity index (χ1v) is 9.57. The molecule has 1 unspecified atom stereocenters. The molecule has 1 atom stereocenters. The van der Waals surface area contributed by atoms with Gasteiger partial charge in [0.25, 0.3) is 0 Å². The molecule has 0 spiro atoms. The highest BCUT2D eigenvalue weighted by Crippen LogP contribution is 2.44. The average molecular weight is 351 g/mol. The van der Waals surface area contributed by atoms with Gasteiger partial charge in [0, 0.05) is 17.7 Å². The van der Waals surface area contributed by atoms with Gasteiger partial charge in [-0.15, -0.1) is 0 Å². The fourth-order valence-corrected chi connectivity index (χ4v) is 4.12. The van der Waals surface area contributed by atoms with E-state index in [0.29, 0.717) is 5.92 Å². The average Bonchev–Trinajstić information content (AvgIpc) is 2.90. The standard InChI is InChI=1S/C26H25N/c1-17-18(2)20(4)26(19(17)3)24-15-14-21-10-8-9-13-23(21)25(24)16-27-22-11-6-5-7-12-22/h5-16,19H,1-4H3. The van der Waals surface area contributed by atoms with Crippen LogP contribution < -0.4 is 0 Å². The predicted octanol–water partition coefficient (Wildman–Crippen LogP) is 7.35. The molecule has 1 nitrogen and oxygen atoms in total. The first kappa shape index (κ1) is 17.5. The second-order valence-electron chi connectivity index (χ2n) is 7.41. The van der Waals surface area contributed by atoms with Crippen molar-refractivity contribution in [3.8, 4) is 0 Å². The highest BCUT2D eigenvalue weighted by atomic mass is 14.7. The molecule has 134 valence electrons. The summed E-state index contributed by atoms with van der Waals surface area (Å²) >= 11 is 0. The SMILES string of the molecule is CC1=C(C)C(C)C(c2ccc3ccccc3c2C=Nc2ccccc2)=C1C. The van der Waals surface area contributed by atoms with Crippen molar-refractivity contribution < 1.29 is 0 Å². The molecule has 1 heteroatoms. The fourth-order valence-electron chi connectivity index (χ4n) is 4.12. The van der Waals surface area contributed by atoms with E-state index in [-0.39, 0.29) is 0 Å². The van der Waals surface area contributed by atoms with Gasteiger partial charge in [-0.1, -0.05) is 67.1 Å². The Morgan fingerprint density at radius 3 is 2.19 bits per heavy atom. The number of benzene rings is 3. The van der Waals surface area contributed by atoms with E-state index in [9.17, 15) is 0 Å². The van der Waals surface area contributed by atoms with Crippen LogP contribution in [0.15, 0.2) is 88.4 Å². The van der Waals surface area contributed by atoms with Crippen molar-refractivity contribution in [2.45, 2.75) is 27.7 Å². The molecule has 0 amide bonds. The lowest BCUT2D eigenvalue weighted by molar-refractivity contribution is 0.895. The van der Waals surface area contributed by atoms with Crippen molar-refractivity contribution in [1.29, 1.82) is 0 Å². The maximum atomic E-state index is 4.79. The zero-order chi connectivity index (χ0) is 19.0. The first-order chi connectivity index (χ1) is 13.1. The lowest BCUT2D eigenvalue weighted by atomic mass is 9.87. The van der Waals surface area contributed by atoms with E-state index >= 15 is 0 Å². The van der Waals surface area contributed by atoms with E-state index in [4.69, 9.17) is 4.99 Å². The van der Waals surface area contributed by atoms with Gasteiger partial charge in [0.15, 0.2) is 0 Å². The molecule has 1 aliphatic carbocycles. The van der Waals surface area contributed by atoms with Crippen molar-refractivity contribution in [2.24, 2.45) is 10.9 Å². The third kappa shape index (κ3) is 3.04. The van der Waals surface area contributed by atoms with E-state index in [1.165, 1.54) is 44.2 Å². The number of para-hydroxylation sites is 1. The summed E-state index contributed by atoms with van der Waals surface area (Å²) in [5.41, 5.74) is 9.23. The number of aliphatic imine (C=N–C) groups is 1. The fraction of sp³-hybridized carbons (Fsp3) is 0.192. The molecule has 3 aromatic rings. The molecule has 0 saturated carbocycles. The van der Waals surface area contributed by atoms with Crippen LogP contribution in [0.5, 0.6) is 0 Å². The molecular formula is C26H25N. The van der Waals surface area contributed by atoms with Gasteiger partial charge in [-0.2, -0.15) is 0 Å². The van der Waals surface area contributed by atoms with Crippen molar-refractivity contribution in [1.82, 2.24) is 0 Å². The highest BCUT2D eigenvalue weighted by Gasteiger charge is 2.26. The Bertz CT molecular complexity index is 1100. The summed E-state index contributed by atoms with van der Waals surface area (Å²) in [4.78, 5) is 4.79. The summed E-state index contributed by atoms with van der Waals surface area (Å²) in [5.74, 6) is 0.440. The summed E-state index contributed by atoms with van der Waals surface area (Å²) in [6.07, 6.45) is 2.04. The number of allylic oxidation sites excluding steroid dienone is 4. The minimum atomic E-state index is 0.440. The van der Waals surface area contributed by atoms with Crippen LogP contribution in [0.2, 0.25) is 0 Å². The molecule has 0 bridgehead atoms. The minimum absolute atomic E-state index is 0.440. The van der Waals surface area contributed by atoms with Crippen molar-refractivity contribution in [2.75, 3.05) is 0 Å². The number of nitrogens with zero attached hydrogens (tertiary/aromatic N) is 1. The maximum absolute atomic E-state index is 4.79. The Hall–Kier alpha value is -2.93. The molecule has 27 heavy (non-hydrogen) atoms. The van der Waals surface area contributed by atoms with Crippen LogP contribution in [0.1, 0.15) is 38.8 Å². The minimum Gasteiger partial charge on any atom is -0.256 e. The van der Waals surface area contributed by atoms with Crippen LogP contribution in [0, 0.1) is 5.92 Å². The van der Waals surface area contributed by atoms with Gasteiger partial charge in [-0.3, -0.25) is 4.99 Å². The van der Waals surface area contributed by atoms with Gasteiger partial charge in [0.1, 0.15) is 0 Å². The zero-order valence-electron chi connectivity index (χ0n) is 16.5.